The summed E-state index contributed by atoms with van der Waals surface area (Å²) in [5.41, 5.74) is 4.40. The minimum Gasteiger partial charge on any atom is -0.325 e. The van der Waals surface area contributed by atoms with E-state index in [-0.39, 0.29) is 18.0 Å². The normalized spacial score (nSPS) is 11.5. The third kappa shape index (κ3) is 5.94. The number of hydrogen-bond donors (Lipinski definition) is 1. The van der Waals surface area contributed by atoms with Crippen LogP contribution < -0.4 is 5.32 Å². The highest BCUT2D eigenvalue weighted by Crippen LogP contribution is 2.22. The van der Waals surface area contributed by atoms with Crippen molar-refractivity contribution < 1.29 is 13.2 Å². The van der Waals surface area contributed by atoms with Crippen LogP contribution >= 0.6 is 11.6 Å². The van der Waals surface area contributed by atoms with Crippen molar-refractivity contribution in [2.75, 3.05) is 11.9 Å². The summed E-state index contributed by atoms with van der Waals surface area (Å²) in [5, 5.41) is 3.29. The molecule has 0 aliphatic rings. The van der Waals surface area contributed by atoms with Gasteiger partial charge in [0.1, 0.15) is 0 Å². The number of aryl methyl sites for hydroxylation is 3. The number of halogens is 1. The lowest BCUT2D eigenvalue weighted by Gasteiger charge is -2.22. The summed E-state index contributed by atoms with van der Waals surface area (Å²) in [5.74, 6) is -0.404. The number of nitrogens with one attached hydrogen (secondary N) is 1. The fourth-order valence-electron chi connectivity index (χ4n) is 3.22. The molecule has 3 aromatic rings. The molecule has 162 valence electrons. The van der Waals surface area contributed by atoms with Gasteiger partial charge in [-0.25, -0.2) is 8.42 Å². The Morgan fingerprint density at radius 1 is 0.935 bits per heavy atom. The second-order valence-electron chi connectivity index (χ2n) is 7.58. The average molecular weight is 457 g/mol. The van der Waals surface area contributed by atoms with E-state index in [1.807, 2.05) is 63.2 Å². The van der Waals surface area contributed by atoms with E-state index in [0.29, 0.717) is 10.7 Å². The maximum absolute atomic E-state index is 13.3. The van der Waals surface area contributed by atoms with Crippen molar-refractivity contribution in [2.45, 2.75) is 32.2 Å². The van der Waals surface area contributed by atoms with Gasteiger partial charge >= 0.3 is 0 Å². The van der Waals surface area contributed by atoms with Crippen LogP contribution in [0.15, 0.2) is 71.6 Å². The standard InChI is InChI=1S/C24H25ClN2O3S/c1-17-5-4-6-20(13-17)15-27(31(29,30)22-11-9-21(25)10-12-22)16-24(28)26-23-14-18(2)7-8-19(23)3/h4-14H,15-16H2,1-3H3,(H,26,28). The van der Waals surface area contributed by atoms with Crippen molar-refractivity contribution in [3.05, 3.63) is 94.0 Å². The lowest BCUT2D eigenvalue weighted by Crippen LogP contribution is -2.37. The zero-order valence-corrected chi connectivity index (χ0v) is 19.3. The molecule has 0 saturated heterocycles. The summed E-state index contributed by atoms with van der Waals surface area (Å²) >= 11 is 5.92. The van der Waals surface area contributed by atoms with E-state index in [1.54, 1.807) is 0 Å². The number of amides is 1. The van der Waals surface area contributed by atoms with E-state index >= 15 is 0 Å². The number of rotatable bonds is 7. The van der Waals surface area contributed by atoms with E-state index in [9.17, 15) is 13.2 Å². The predicted molar refractivity (Wildman–Crippen MR) is 125 cm³/mol. The monoisotopic (exact) mass is 456 g/mol. The fraction of sp³-hybridized carbons (Fsp3) is 0.208. The highest BCUT2D eigenvalue weighted by molar-refractivity contribution is 7.89. The van der Waals surface area contributed by atoms with Crippen molar-refractivity contribution in [2.24, 2.45) is 0 Å². The van der Waals surface area contributed by atoms with Crippen LogP contribution in [-0.4, -0.2) is 25.2 Å². The van der Waals surface area contributed by atoms with Crippen LogP contribution in [-0.2, 0) is 21.4 Å². The first-order valence-corrected chi connectivity index (χ1v) is 11.7. The van der Waals surface area contributed by atoms with Crippen LogP contribution in [0.3, 0.4) is 0 Å². The third-order valence-corrected chi connectivity index (χ3v) is 6.94. The molecule has 0 aliphatic heterocycles. The van der Waals surface area contributed by atoms with Crippen molar-refractivity contribution >= 4 is 33.2 Å². The van der Waals surface area contributed by atoms with Crippen molar-refractivity contribution in [3.63, 3.8) is 0 Å². The topological polar surface area (TPSA) is 66.5 Å². The molecule has 1 amide bonds. The van der Waals surface area contributed by atoms with Gasteiger partial charge in [-0.05, 0) is 67.8 Å². The van der Waals surface area contributed by atoms with Gasteiger partial charge in [-0.1, -0.05) is 53.6 Å². The lowest BCUT2D eigenvalue weighted by atomic mass is 10.1. The Bertz CT molecular complexity index is 1190. The van der Waals surface area contributed by atoms with Crippen molar-refractivity contribution in [1.29, 1.82) is 0 Å². The van der Waals surface area contributed by atoms with Gasteiger partial charge in [0.15, 0.2) is 0 Å². The van der Waals surface area contributed by atoms with Crippen LogP contribution in [0.1, 0.15) is 22.3 Å². The maximum Gasteiger partial charge on any atom is 0.243 e. The molecule has 0 unspecified atom stereocenters. The number of carbonyl (C=O) groups excluding carboxylic acids is 1. The zero-order valence-electron chi connectivity index (χ0n) is 17.7. The van der Waals surface area contributed by atoms with Crippen LogP contribution in [0.25, 0.3) is 0 Å². The van der Waals surface area contributed by atoms with Gasteiger partial charge in [-0.15, -0.1) is 0 Å². The van der Waals surface area contributed by atoms with Gasteiger partial charge in [0.2, 0.25) is 15.9 Å². The fourth-order valence-corrected chi connectivity index (χ4v) is 4.73. The molecular weight excluding hydrogens is 432 g/mol. The zero-order chi connectivity index (χ0) is 22.6. The minimum atomic E-state index is -3.92. The van der Waals surface area contributed by atoms with Gasteiger partial charge in [-0.3, -0.25) is 4.79 Å². The molecule has 0 atom stereocenters. The number of anilines is 1. The Morgan fingerprint density at radius 3 is 2.29 bits per heavy atom. The SMILES string of the molecule is Cc1cccc(CN(CC(=O)Nc2cc(C)ccc2C)S(=O)(=O)c2ccc(Cl)cc2)c1. The quantitative estimate of drug-likeness (QED) is 0.538. The van der Waals surface area contributed by atoms with Crippen LogP contribution in [0.4, 0.5) is 5.69 Å². The number of nitrogens with zero attached hydrogens (tertiary/aromatic N) is 1. The van der Waals surface area contributed by atoms with E-state index < -0.39 is 15.9 Å². The van der Waals surface area contributed by atoms with Crippen LogP contribution in [0, 0.1) is 20.8 Å². The first kappa shape index (κ1) is 23.0. The summed E-state index contributed by atoms with van der Waals surface area (Å²) in [6.07, 6.45) is 0. The summed E-state index contributed by atoms with van der Waals surface area (Å²) in [4.78, 5) is 12.9. The van der Waals surface area contributed by atoms with E-state index in [0.717, 1.165) is 22.3 Å². The number of benzene rings is 3. The summed E-state index contributed by atoms with van der Waals surface area (Å²) in [7, 11) is -3.92. The molecule has 0 heterocycles. The number of carbonyl (C=O) groups is 1. The summed E-state index contributed by atoms with van der Waals surface area (Å²) in [6, 6.07) is 19.2. The maximum atomic E-state index is 13.3. The highest BCUT2D eigenvalue weighted by Gasteiger charge is 2.27. The molecule has 0 saturated carbocycles. The summed E-state index contributed by atoms with van der Waals surface area (Å²) in [6.45, 7) is 5.53. The van der Waals surface area contributed by atoms with E-state index in [2.05, 4.69) is 5.32 Å². The molecule has 0 spiro atoms. The van der Waals surface area contributed by atoms with Crippen LogP contribution in [0.2, 0.25) is 5.02 Å². The van der Waals surface area contributed by atoms with Gasteiger partial charge in [0, 0.05) is 17.3 Å². The number of sulfonamides is 1. The molecule has 0 fully saturated rings. The Balaban J connectivity index is 1.90. The molecule has 3 aromatic carbocycles. The first-order chi connectivity index (χ1) is 14.6. The molecular formula is C24H25ClN2O3S. The van der Waals surface area contributed by atoms with Crippen molar-refractivity contribution in [3.8, 4) is 0 Å². The van der Waals surface area contributed by atoms with Gasteiger partial charge in [-0.2, -0.15) is 4.31 Å². The smallest absolute Gasteiger partial charge is 0.243 e. The highest BCUT2D eigenvalue weighted by atomic mass is 35.5. The predicted octanol–water partition coefficient (Wildman–Crippen LogP) is 5.09. The average Bonchev–Trinajstić information content (AvgIpc) is 2.70. The van der Waals surface area contributed by atoms with Gasteiger partial charge < -0.3 is 5.32 Å². The Hall–Kier alpha value is -2.67. The van der Waals surface area contributed by atoms with Crippen molar-refractivity contribution in [1.82, 2.24) is 4.31 Å². The Labute approximate surface area is 188 Å². The Kier molecular flexibility index (Phi) is 7.15. The number of hydrogen-bond acceptors (Lipinski definition) is 3. The summed E-state index contributed by atoms with van der Waals surface area (Å²) < 4.78 is 27.9. The molecule has 3 rings (SSSR count). The third-order valence-electron chi connectivity index (χ3n) is 4.88. The molecule has 7 heteroatoms. The first-order valence-electron chi connectivity index (χ1n) is 9.83. The molecule has 31 heavy (non-hydrogen) atoms. The van der Waals surface area contributed by atoms with Gasteiger partial charge in [0.05, 0.1) is 11.4 Å². The van der Waals surface area contributed by atoms with E-state index in [1.165, 1.54) is 28.6 Å². The molecule has 5 nitrogen and oxygen atoms in total. The molecule has 0 aliphatic carbocycles. The van der Waals surface area contributed by atoms with E-state index in [4.69, 9.17) is 11.6 Å². The second kappa shape index (κ2) is 9.64. The van der Waals surface area contributed by atoms with Crippen LogP contribution in [0.5, 0.6) is 0 Å². The second-order valence-corrected chi connectivity index (χ2v) is 9.96. The molecule has 0 aromatic heterocycles. The lowest BCUT2D eigenvalue weighted by molar-refractivity contribution is -0.116. The van der Waals surface area contributed by atoms with Gasteiger partial charge in [0.25, 0.3) is 0 Å². The molecule has 0 bridgehead atoms. The molecule has 1 N–H and O–H groups in total. The largest absolute Gasteiger partial charge is 0.325 e. The molecule has 0 radical (unpaired) electrons. The minimum absolute atomic E-state index is 0.0762. The Morgan fingerprint density at radius 2 is 1.61 bits per heavy atom.